The smallest absolute Gasteiger partial charge is 0.163 e. The lowest BCUT2D eigenvalue weighted by Gasteiger charge is -2.11. The fourth-order valence-corrected chi connectivity index (χ4v) is 1.83. The summed E-state index contributed by atoms with van der Waals surface area (Å²) in [6.45, 7) is 3.26. The van der Waals surface area contributed by atoms with Crippen LogP contribution in [-0.4, -0.2) is 5.78 Å². The first-order valence-electron chi connectivity index (χ1n) is 5.72. The number of ketones is 1. The van der Waals surface area contributed by atoms with E-state index in [-0.39, 0.29) is 11.3 Å². The monoisotopic (exact) mass is 278 g/mol. The molecule has 0 atom stereocenters. The molecule has 0 N–H and O–H groups in total. The fraction of sp³-hybridized carbons (Fsp3) is 0.133. The topological polar surface area (TPSA) is 26.3 Å². The maximum atomic E-state index is 13.2. The van der Waals surface area contributed by atoms with Gasteiger partial charge in [0.15, 0.2) is 5.78 Å². The average Bonchev–Trinajstić information content (AvgIpc) is 2.35. The Labute approximate surface area is 115 Å². The molecule has 0 saturated carbocycles. The third-order valence-electron chi connectivity index (χ3n) is 2.63. The number of carbonyl (C=O) groups excluding carboxylic acids is 1. The number of halogens is 2. The minimum absolute atomic E-state index is 0.192. The molecular formula is C15H12ClFO2. The largest absolute Gasteiger partial charge is 0.455 e. The summed E-state index contributed by atoms with van der Waals surface area (Å²) in [4.78, 5) is 11.5. The minimum atomic E-state index is -0.479. The number of carbonyl (C=O) groups is 1. The zero-order valence-corrected chi connectivity index (χ0v) is 11.3. The second-order valence-corrected chi connectivity index (χ2v) is 4.64. The van der Waals surface area contributed by atoms with Gasteiger partial charge in [-0.25, -0.2) is 4.39 Å². The van der Waals surface area contributed by atoms with Crippen LogP contribution in [-0.2, 0) is 0 Å². The van der Waals surface area contributed by atoms with Crippen LogP contribution in [0, 0.1) is 12.7 Å². The van der Waals surface area contributed by atoms with Crippen molar-refractivity contribution in [3.63, 3.8) is 0 Å². The van der Waals surface area contributed by atoms with Crippen molar-refractivity contribution in [1.29, 1.82) is 0 Å². The van der Waals surface area contributed by atoms with Gasteiger partial charge in [-0.3, -0.25) is 4.79 Å². The molecule has 0 aliphatic carbocycles. The van der Waals surface area contributed by atoms with Crippen LogP contribution in [0.1, 0.15) is 22.8 Å². The maximum Gasteiger partial charge on any atom is 0.163 e. The standard InChI is InChI=1S/C15H12ClFO2/c1-9-3-5-13(16)15(7-9)19-14-6-4-11(17)8-12(14)10(2)18/h3-8H,1-2H3. The summed E-state index contributed by atoms with van der Waals surface area (Å²) >= 11 is 6.03. The molecule has 0 aliphatic heterocycles. The molecule has 0 bridgehead atoms. The molecule has 0 amide bonds. The van der Waals surface area contributed by atoms with Crippen molar-refractivity contribution in [2.45, 2.75) is 13.8 Å². The SMILES string of the molecule is CC(=O)c1cc(F)ccc1Oc1cc(C)ccc1Cl. The normalized spacial score (nSPS) is 10.3. The molecule has 0 aliphatic rings. The Hall–Kier alpha value is -1.87. The second-order valence-electron chi connectivity index (χ2n) is 4.23. The van der Waals surface area contributed by atoms with Crippen LogP contribution in [0.15, 0.2) is 36.4 Å². The zero-order chi connectivity index (χ0) is 14.0. The summed E-state index contributed by atoms with van der Waals surface area (Å²) in [5.74, 6) is -0.0108. The number of rotatable bonds is 3. The van der Waals surface area contributed by atoms with Crippen molar-refractivity contribution in [2.75, 3.05) is 0 Å². The molecule has 98 valence electrons. The molecule has 2 nitrogen and oxygen atoms in total. The summed E-state index contributed by atoms with van der Waals surface area (Å²) in [5, 5.41) is 0.435. The highest BCUT2D eigenvalue weighted by Gasteiger charge is 2.12. The van der Waals surface area contributed by atoms with Gasteiger partial charge >= 0.3 is 0 Å². The van der Waals surface area contributed by atoms with Crippen molar-refractivity contribution in [3.05, 3.63) is 58.4 Å². The number of hydrogen-bond acceptors (Lipinski definition) is 2. The highest BCUT2D eigenvalue weighted by molar-refractivity contribution is 6.32. The molecule has 4 heteroatoms. The van der Waals surface area contributed by atoms with E-state index in [1.165, 1.54) is 19.1 Å². The lowest BCUT2D eigenvalue weighted by atomic mass is 10.1. The molecular weight excluding hydrogens is 267 g/mol. The van der Waals surface area contributed by atoms with Crippen LogP contribution in [0.2, 0.25) is 5.02 Å². The molecule has 0 heterocycles. The van der Waals surface area contributed by atoms with E-state index in [2.05, 4.69) is 0 Å². The van der Waals surface area contributed by atoms with E-state index in [0.717, 1.165) is 11.6 Å². The van der Waals surface area contributed by atoms with Crippen LogP contribution < -0.4 is 4.74 Å². The van der Waals surface area contributed by atoms with E-state index >= 15 is 0 Å². The first-order valence-corrected chi connectivity index (χ1v) is 6.09. The van der Waals surface area contributed by atoms with E-state index < -0.39 is 5.82 Å². The van der Waals surface area contributed by atoms with E-state index in [1.54, 1.807) is 12.1 Å². The summed E-state index contributed by atoms with van der Waals surface area (Å²) in [6, 6.07) is 9.14. The first-order chi connectivity index (χ1) is 8.97. The Kier molecular flexibility index (Phi) is 3.86. The average molecular weight is 279 g/mol. The van der Waals surface area contributed by atoms with Gasteiger partial charge in [0, 0.05) is 0 Å². The van der Waals surface area contributed by atoms with Gasteiger partial charge in [0.25, 0.3) is 0 Å². The van der Waals surface area contributed by atoms with Crippen LogP contribution in [0.3, 0.4) is 0 Å². The minimum Gasteiger partial charge on any atom is -0.455 e. The number of ether oxygens (including phenoxy) is 1. The van der Waals surface area contributed by atoms with Gasteiger partial charge in [0.05, 0.1) is 10.6 Å². The Balaban J connectivity index is 2.43. The highest BCUT2D eigenvalue weighted by atomic mass is 35.5. The van der Waals surface area contributed by atoms with E-state index in [4.69, 9.17) is 16.3 Å². The maximum absolute atomic E-state index is 13.2. The van der Waals surface area contributed by atoms with Crippen LogP contribution in [0.25, 0.3) is 0 Å². The molecule has 0 fully saturated rings. The third kappa shape index (κ3) is 3.12. The molecule has 0 unspecified atom stereocenters. The molecule has 19 heavy (non-hydrogen) atoms. The third-order valence-corrected chi connectivity index (χ3v) is 2.94. The molecule has 0 aromatic heterocycles. The van der Waals surface area contributed by atoms with Gasteiger partial charge in [-0.2, -0.15) is 0 Å². The van der Waals surface area contributed by atoms with Crippen molar-refractivity contribution < 1.29 is 13.9 Å². The number of benzene rings is 2. The second kappa shape index (κ2) is 5.41. The van der Waals surface area contributed by atoms with Crippen molar-refractivity contribution >= 4 is 17.4 Å². The Morgan fingerprint density at radius 3 is 2.58 bits per heavy atom. The van der Waals surface area contributed by atoms with Crippen LogP contribution >= 0.6 is 11.6 Å². The molecule has 0 saturated heterocycles. The Morgan fingerprint density at radius 1 is 1.16 bits per heavy atom. The number of Topliss-reactive ketones (excluding diaryl/α,β-unsaturated/α-hetero) is 1. The molecule has 2 aromatic rings. The Morgan fingerprint density at radius 2 is 1.89 bits per heavy atom. The highest BCUT2D eigenvalue weighted by Crippen LogP contribution is 2.32. The van der Waals surface area contributed by atoms with E-state index in [1.807, 2.05) is 13.0 Å². The van der Waals surface area contributed by atoms with Crippen molar-refractivity contribution in [2.24, 2.45) is 0 Å². The van der Waals surface area contributed by atoms with Crippen LogP contribution in [0.4, 0.5) is 4.39 Å². The van der Waals surface area contributed by atoms with Crippen molar-refractivity contribution in [1.82, 2.24) is 0 Å². The predicted molar refractivity (Wildman–Crippen MR) is 72.7 cm³/mol. The molecule has 0 radical (unpaired) electrons. The van der Waals surface area contributed by atoms with Gasteiger partial charge in [-0.1, -0.05) is 17.7 Å². The lowest BCUT2D eigenvalue weighted by Crippen LogP contribution is -1.98. The number of hydrogen-bond donors (Lipinski definition) is 0. The number of aryl methyl sites for hydroxylation is 1. The van der Waals surface area contributed by atoms with Crippen LogP contribution in [0.5, 0.6) is 11.5 Å². The quantitative estimate of drug-likeness (QED) is 0.755. The molecule has 2 rings (SSSR count). The van der Waals surface area contributed by atoms with Gasteiger partial charge in [0.2, 0.25) is 0 Å². The molecule has 0 spiro atoms. The van der Waals surface area contributed by atoms with E-state index in [9.17, 15) is 9.18 Å². The predicted octanol–water partition coefficient (Wildman–Crippen LogP) is 4.78. The first kappa shape index (κ1) is 13.6. The van der Waals surface area contributed by atoms with Gasteiger partial charge in [0.1, 0.15) is 17.3 Å². The molecule has 2 aromatic carbocycles. The summed E-state index contributed by atoms with van der Waals surface area (Å²) in [6.07, 6.45) is 0. The van der Waals surface area contributed by atoms with Crippen molar-refractivity contribution in [3.8, 4) is 11.5 Å². The fourth-order valence-electron chi connectivity index (χ4n) is 1.67. The Bertz CT molecular complexity index is 638. The van der Waals surface area contributed by atoms with Gasteiger partial charge in [-0.15, -0.1) is 0 Å². The summed E-state index contributed by atoms with van der Waals surface area (Å²) < 4.78 is 18.8. The zero-order valence-electron chi connectivity index (χ0n) is 10.5. The lowest BCUT2D eigenvalue weighted by molar-refractivity contribution is 0.101. The van der Waals surface area contributed by atoms with Gasteiger partial charge < -0.3 is 4.74 Å². The summed E-state index contributed by atoms with van der Waals surface area (Å²) in [5.41, 5.74) is 1.17. The summed E-state index contributed by atoms with van der Waals surface area (Å²) in [7, 11) is 0. The van der Waals surface area contributed by atoms with Gasteiger partial charge in [-0.05, 0) is 49.7 Å². The van der Waals surface area contributed by atoms with E-state index in [0.29, 0.717) is 16.5 Å².